The number of amidine groups is 2. The van der Waals surface area contributed by atoms with Crippen molar-refractivity contribution in [3.63, 3.8) is 0 Å². The summed E-state index contributed by atoms with van der Waals surface area (Å²) in [7, 11) is -5.55. The van der Waals surface area contributed by atoms with Crippen molar-refractivity contribution < 1.29 is 0 Å². The SMILES string of the molecule is N=C(N=C(N=Cc1cccc([Si](c2ccccc2)(c2ccccc2)c2ccccc2)c1)c1ccccc1)c1cccc([Si](c2ccccc2)(c2ccccc2)c2ccccc2)c1. The van der Waals surface area contributed by atoms with Gasteiger partial charge in [-0.3, -0.25) is 5.41 Å². The van der Waals surface area contributed by atoms with E-state index >= 15 is 0 Å². The van der Waals surface area contributed by atoms with E-state index < -0.39 is 16.1 Å². The van der Waals surface area contributed by atoms with Gasteiger partial charge in [-0.1, -0.05) is 261 Å². The van der Waals surface area contributed by atoms with E-state index in [9.17, 15) is 5.41 Å². The van der Waals surface area contributed by atoms with Gasteiger partial charge in [-0.25, -0.2) is 9.98 Å². The average Bonchev–Trinajstić information content (AvgIpc) is 3.36. The van der Waals surface area contributed by atoms with E-state index in [1.54, 1.807) is 0 Å². The second-order valence-corrected chi connectivity index (χ2v) is 22.9. The molecule has 0 aromatic heterocycles. The van der Waals surface area contributed by atoms with Gasteiger partial charge in [0.25, 0.3) is 0 Å². The minimum Gasteiger partial charge on any atom is -0.282 e. The van der Waals surface area contributed by atoms with Gasteiger partial charge in [-0.05, 0) is 47.1 Å². The zero-order chi connectivity index (χ0) is 42.0. The Kier molecular flexibility index (Phi) is 11.8. The van der Waals surface area contributed by atoms with Crippen LogP contribution in [0.2, 0.25) is 0 Å². The predicted octanol–water partition coefficient (Wildman–Crippen LogP) is 7.33. The Hall–Kier alpha value is -7.58. The van der Waals surface area contributed by atoms with Crippen molar-refractivity contribution in [2.75, 3.05) is 0 Å². The number of nitrogens with one attached hydrogen (secondary N) is 1. The van der Waals surface area contributed by atoms with Crippen LogP contribution in [-0.4, -0.2) is 34.0 Å². The van der Waals surface area contributed by atoms with Crippen molar-refractivity contribution in [2.24, 2.45) is 9.98 Å². The smallest absolute Gasteiger partial charge is 0.179 e. The van der Waals surface area contributed by atoms with Crippen molar-refractivity contribution in [1.29, 1.82) is 5.41 Å². The zero-order valence-corrected chi connectivity index (χ0v) is 36.3. The third-order valence-corrected chi connectivity index (χ3v) is 21.3. The molecular formula is C57H45N3Si2. The van der Waals surface area contributed by atoms with E-state index in [-0.39, 0.29) is 5.84 Å². The van der Waals surface area contributed by atoms with Crippen LogP contribution in [0.25, 0.3) is 0 Å². The van der Waals surface area contributed by atoms with Crippen LogP contribution in [0.3, 0.4) is 0 Å². The molecule has 296 valence electrons. The van der Waals surface area contributed by atoms with Gasteiger partial charge in [-0.2, -0.15) is 0 Å². The molecule has 0 aliphatic carbocycles. The molecule has 3 nitrogen and oxygen atoms in total. The van der Waals surface area contributed by atoms with Gasteiger partial charge < -0.3 is 0 Å². The minimum absolute atomic E-state index is 0.150. The molecule has 0 unspecified atom stereocenters. The highest BCUT2D eigenvalue weighted by atomic mass is 28.3. The van der Waals surface area contributed by atoms with Crippen LogP contribution >= 0.6 is 0 Å². The summed E-state index contributed by atoms with van der Waals surface area (Å²) in [5, 5.41) is 19.8. The topological polar surface area (TPSA) is 48.6 Å². The van der Waals surface area contributed by atoms with Crippen LogP contribution in [0.1, 0.15) is 16.7 Å². The second-order valence-electron chi connectivity index (χ2n) is 15.3. The van der Waals surface area contributed by atoms with Crippen LogP contribution in [0.15, 0.2) is 271 Å². The van der Waals surface area contributed by atoms with Crippen LogP contribution in [-0.2, 0) is 0 Å². The largest absolute Gasteiger partial charge is 0.282 e. The molecule has 0 saturated carbocycles. The second kappa shape index (κ2) is 18.4. The molecule has 0 saturated heterocycles. The standard InChI is InChI=1S/C57H45N3Si2/c58-56(47-27-23-41-55(43-47)62(51-34-16-5-17-35-51,52-36-18-6-19-37-52)53-38-20-7-21-39-53)60-57(46-25-8-1-9-26-46)59-44-45-24-22-40-54(42-45)61(48-28-10-2-11-29-48,49-30-12-3-13-31-49)50-32-14-4-15-33-50/h1-44,58H. The average molecular weight is 828 g/mol. The van der Waals surface area contributed by atoms with Crippen LogP contribution in [0.4, 0.5) is 0 Å². The fraction of sp³-hybridized carbons (Fsp3) is 0. The first-order valence-corrected chi connectivity index (χ1v) is 25.0. The van der Waals surface area contributed by atoms with Crippen molar-refractivity contribution in [2.45, 2.75) is 0 Å². The van der Waals surface area contributed by atoms with E-state index in [0.29, 0.717) is 5.84 Å². The lowest BCUT2D eigenvalue weighted by molar-refractivity contribution is 1.40. The van der Waals surface area contributed by atoms with Crippen LogP contribution in [0, 0.1) is 5.41 Å². The molecule has 0 fully saturated rings. The molecule has 1 N–H and O–H groups in total. The Morgan fingerprint density at radius 3 is 1.02 bits per heavy atom. The van der Waals surface area contributed by atoms with Gasteiger partial charge in [0, 0.05) is 17.3 Å². The Morgan fingerprint density at radius 2 is 0.629 bits per heavy atom. The number of hydrogen-bond donors (Lipinski definition) is 1. The van der Waals surface area contributed by atoms with Gasteiger partial charge in [0.15, 0.2) is 27.8 Å². The fourth-order valence-electron chi connectivity index (χ4n) is 8.94. The Labute approximate surface area is 366 Å². The first kappa shape index (κ1) is 39.9. The molecule has 0 spiro atoms. The summed E-state index contributed by atoms with van der Waals surface area (Å²) in [6, 6.07) is 92.7. The molecule has 0 aliphatic rings. The van der Waals surface area contributed by atoms with Crippen LogP contribution < -0.4 is 41.5 Å². The molecule has 0 aliphatic heterocycles. The Balaban J connectivity index is 1.15. The summed E-state index contributed by atoms with van der Waals surface area (Å²) in [5.74, 6) is 0.624. The Bertz CT molecular complexity index is 2750. The van der Waals surface area contributed by atoms with Crippen molar-refractivity contribution in [3.8, 4) is 0 Å². The molecule has 0 heterocycles. The lowest BCUT2D eigenvalue weighted by Crippen LogP contribution is -2.74. The number of hydrogen-bond acceptors (Lipinski definition) is 1. The molecule has 5 heteroatoms. The van der Waals surface area contributed by atoms with E-state index in [1.807, 2.05) is 42.6 Å². The molecule has 0 amide bonds. The van der Waals surface area contributed by atoms with Crippen molar-refractivity contribution in [1.82, 2.24) is 0 Å². The van der Waals surface area contributed by atoms with E-state index in [0.717, 1.165) is 16.7 Å². The summed E-state index contributed by atoms with van der Waals surface area (Å²) >= 11 is 0. The number of nitrogens with zero attached hydrogens (tertiary/aromatic N) is 2. The number of aliphatic imine (C=N–C) groups is 2. The van der Waals surface area contributed by atoms with Gasteiger partial charge in [0.1, 0.15) is 0 Å². The fourth-order valence-corrected chi connectivity index (χ4v) is 18.5. The highest BCUT2D eigenvalue weighted by molar-refractivity contribution is 7.20. The summed E-state index contributed by atoms with van der Waals surface area (Å²) in [4.78, 5) is 10.1. The minimum atomic E-state index is -2.81. The third-order valence-electron chi connectivity index (χ3n) is 11.7. The van der Waals surface area contributed by atoms with Gasteiger partial charge in [0.2, 0.25) is 0 Å². The zero-order valence-electron chi connectivity index (χ0n) is 34.3. The molecule has 9 rings (SSSR count). The monoisotopic (exact) mass is 827 g/mol. The predicted molar refractivity (Wildman–Crippen MR) is 268 cm³/mol. The van der Waals surface area contributed by atoms with E-state index in [2.05, 4.69) is 224 Å². The maximum atomic E-state index is 9.57. The quantitative estimate of drug-likeness (QED) is 0.0615. The molecule has 0 radical (unpaired) electrons. The van der Waals surface area contributed by atoms with Gasteiger partial charge >= 0.3 is 0 Å². The maximum absolute atomic E-state index is 9.57. The lowest BCUT2D eigenvalue weighted by atomic mass is 10.2. The van der Waals surface area contributed by atoms with Gasteiger partial charge in [-0.15, -0.1) is 0 Å². The van der Waals surface area contributed by atoms with E-state index in [1.165, 1.54) is 41.5 Å². The number of benzene rings is 9. The molecule has 0 atom stereocenters. The summed E-state index contributed by atoms with van der Waals surface area (Å²) in [6.45, 7) is 0. The molecule has 9 aromatic carbocycles. The highest BCUT2D eigenvalue weighted by Gasteiger charge is 2.42. The summed E-state index contributed by atoms with van der Waals surface area (Å²) < 4.78 is 0. The third kappa shape index (κ3) is 7.79. The maximum Gasteiger partial charge on any atom is 0.179 e. The normalized spacial score (nSPS) is 12.0. The van der Waals surface area contributed by atoms with Crippen molar-refractivity contribution in [3.05, 3.63) is 278 Å². The Morgan fingerprint density at radius 1 is 0.323 bits per heavy atom. The molecule has 0 bridgehead atoms. The van der Waals surface area contributed by atoms with Crippen molar-refractivity contribution >= 4 is 75.5 Å². The molecule has 62 heavy (non-hydrogen) atoms. The molecule has 9 aromatic rings. The first-order chi connectivity index (χ1) is 30.7. The van der Waals surface area contributed by atoms with E-state index in [4.69, 9.17) is 9.98 Å². The summed E-state index contributed by atoms with van der Waals surface area (Å²) in [6.07, 6.45) is 1.90. The van der Waals surface area contributed by atoms with Crippen LogP contribution in [0.5, 0.6) is 0 Å². The van der Waals surface area contributed by atoms with Gasteiger partial charge in [0.05, 0.1) is 0 Å². The first-order valence-electron chi connectivity index (χ1n) is 21.0. The number of rotatable bonds is 11. The lowest BCUT2D eigenvalue weighted by Gasteiger charge is -2.34. The molecular weight excluding hydrogens is 783 g/mol. The summed E-state index contributed by atoms with van der Waals surface area (Å²) in [5.41, 5.74) is 2.53. The highest BCUT2D eigenvalue weighted by Crippen LogP contribution is 2.14.